The van der Waals surface area contributed by atoms with Crippen LogP contribution in [-0.2, 0) is 25.5 Å². The van der Waals surface area contributed by atoms with Gasteiger partial charge in [0, 0.05) is 0 Å². The molecule has 0 radical (unpaired) electrons. The van der Waals surface area contributed by atoms with Crippen LogP contribution < -0.4 is 9.47 Å². The Morgan fingerprint density at radius 3 is 1.95 bits per heavy atom. The maximum Gasteiger partial charge on any atom is 0.366 e. The number of unbranched alkanes of at least 4 members (excludes halogenated alkanes) is 1. The van der Waals surface area contributed by atoms with E-state index in [-0.39, 0.29) is 12.2 Å². The zero-order valence-corrected chi connectivity index (χ0v) is 24.0. The number of carbonyl (C=O) groups excluding carboxylic acids is 2. The molecule has 0 heterocycles. The summed E-state index contributed by atoms with van der Waals surface area (Å²) in [6.45, 7) is 12.9. The van der Waals surface area contributed by atoms with Gasteiger partial charge in [0.1, 0.15) is 17.3 Å². The maximum absolute atomic E-state index is 12.6. The van der Waals surface area contributed by atoms with Crippen molar-refractivity contribution in [1.29, 1.82) is 0 Å². The second-order valence-corrected chi connectivity index (χ2v) is 9.29. The molecule has 0 aliphatic rings. The third-order valence-corrected chi connectivity index (χ3v) is 6.30. The highest BCUT2D eigenvalue weighted by Gasteiger charge is 2.10. The van der Waals surface area contributed by atoms with Crippen LogP contribution in [0.3, 0.4) is 0 Å². The first-order chi connectivity index (χ1) is 20.2. The average Bonchev–Trinajstić information content (AvgIpc) is 3.01. The van der Waals surface area contributed by atoms with E-state index in [1.165, 1.54) is 13.2 Å². The molecule has 0 bridgehead atoms. The van der Waals surface area contributed by atoms with Crippen LogP contribution in [0, 0.1) is 0 Å². The first kappa shape index (κ1) is 31.6. The Bertz CT molecular complexity index is 1450. The lowest BCUT2D eigenvalue weighted by Gasteiger charge is -2.13. The van der Waals surface area contributed by atoms with Crippen molar-refractivity contribution in [2.24, 2.45) is 0 Å². The van der Waals surface area contributed by atoms with Gasteiger partial charge in [-0.05, 0) is 83.5 Å². The number of ether oxygens (including phenoxy) is 4. The summed E-state index contributed by atoms with van der Waals surface area (Å²) in [6, 6.07) is 21.6. The highest BCUT2D eigenvalue weighted by atomic mass is 19.1. The zero-order valence-electron chi connectivity index (χ0n) is 24.0. The quantitative estimate of drug-likeness (QED) is 0.0461. The summed E-state index contributed by atoms with van der Waals surface area (Å²) in [7, 11) is 1.49. The third-order valence-electron chi connectivity index (χ3n) is 6.30. The smallest absolute Gasteiger partial charge is 0.366 e. The molecule has 3 rings (SSSR count). The molecule has 0 N–H and O–H groups in total. The lowest BCUT2D eigenvalue weighted by atomic mass is 9.98. The monoisotopic (exact) mass is 570 g/mol. The van der Waals surface area contributed by atoms with Gasteiger partial charge in [0.2, 0.25) is 5.83 Å². The molecular weight excluding hydrogens is 535 g/mol. The normalized spacial score (nSPS) is 10.6. The van der Waals surface area contributed by atoms with Crippen molar-refractivity contribution < 1.29 is 32.9 Å². The van der Waals surface area contributed by atoms with Crippen molar-refractivity contribution in [3.05, 3.63) is 121 Å². The van der Waals surface area contributed by atoms with Crippen LogP contribution in [0.1, 0.15) is 25.3 Å². The Morgan fingerprint density at radius 2 is 1.36 bits per heavy atom. The van der Waals surface area contributed by atoms with E-state index in [0.29, 0.717) is 31.0 Å². The Kier molecular flexibility index (Phi) is 11.9. The third kappa shape index (κ3) is 9.34. The number of benzene rings is 3. The minimum Gasteiger partial charge on any atom is -0.497 e. The first-order valence-electron chi connectivity index (χ1n) is 13.5. The molecule has 0 aliphatic heterocycles. The Morgan fingerprint density at radius 1 is 0.786 bits per heavy atom. The molecule has 0 atom stereocenters. The molecule has 0 saturated carbocycles. The number of carbonyl (C=O) groups is 2. The number of rotatable bonds is 15. The lowest BCUT2D eigenvalue weighted by molar-refractivity contribution is -0.140. The van der Waals surface area contributed by atoms with Crippen LogP contribution in [0.25, 0.3) is 22.3 Å². The average molecular weight is 571 g/mol. The predicted octanol–water partition coefficient (Wildman–Crippen LogP) is 7.95. The number of allylic oxidation sites excluding steroid dienone is 1. The van der Waals surface area contributed by atoms with Gasteiger partial charge in [-0.1, -0.05) is 69.1 Å². The van der Waals surface area contributed by atoms with E-state index in [4.69, 9.17) is 18.9 Å². The van der Waals surface area contributed by atoms with Crippen molar-refractivity contribution in [2.45, 2.75) is 26.2 Å². The second kappa shape index (κ2) is 15.8. The van der Waals surface area contributed by atoms with Gasteiger partial charge in [-0.3, -0.25) is 0 Å². The van der Waals surface area contributed by atoms with Crippen molar-refractivity contribution in [3.8, 4) is 33.8 Å². The van der Waals surface area contributed by atoms with Gasteiger partial charge in [0.05, 0.1) is 25.9 Å². The van der Waals surface area contributed by atoms with Crippen molar-refractivity contribution in [3.63, 3.8) is 0 Å². The zero-order chi connectivity index (χ0) is 30.5. The number of hydrogen-bond acceptors (Lipinski definition) is 6. The molecule has 0 fully saturated rings. The number of hydrogen-bond donors (Lipinski definition) is 0. The highest BCUT2D eigenvalue weighted by Crippen LogP contribution is 2.30. The van der Waals surface area contributed by atoms with Crippen molar-refractivity contribution in [1.82, 2.24) is 0 Å². The number of esters is 2. The van der Waals surface area contributed by atoms with Gasteiger partial charge in [-0.25, -0.2) is 9.59 Å². The molecule has 0 amide bonds. The summed E-state index contributed by atoms with van der Waals surface area (Å²) in [5.74, 6) is -1.03. The summed E-state index contributed by atoms with van der Waals surface area (Å²) in [5.41, 5.74) is 5.43. The van der Waals surface area contributed by atoms with Gasteiger partial charge < -0.3 is 18.9 Å². The fourth-order valence-corrected chi connectivity index (χ4v) is 3.88. The molecule has 3 aromatic rings. The molecule has 3 aromatic carbocycles. The predicted molar refractivity (Wildman–Crippen MR) is 163 cm³/mol. The molecule has 42 heavy (non-hydrogen) atoms. The topological polar surface area (TPSA) is 71.1 Å². The first-order valence-corrected chi connectivity index (χ1v) is 13.5. The molecule has 7 heteroatoms. The maximum atomic E-state index is 12.6. The van der Waals surface area contributed by atoms with Crippen molar-refractivity contribution >= 4 is 11.9 Å². The van der Waals surface area contributed by atoms with Gasteiger partial charge >= 0.3 is 11.9 Å². The minimum atomic E-state index is -1.09. The molecule has 0 spiro atoms. The summed E-state index contributed by atoms with van der Waals surface area (Å²) >= 11 is 0. The van der Waals surface area contributed by atoms with E-state index in [1.807, 2.05) is 36.4 Å². The summed E-state index contributed by atoms with van der Waals surface area (Å²) in [4.78, 5) is 23.3. The largest absolute Gasteiger partial charge is 0.497 e. The van der Waals surface area contributed by atoms with E-state index in [9.17, 15) is 14.0 Å². The Balaban J connectivity index is 1.56. The van der Waals surface area contributed by atoms with E-state index < -0.39 is 17.8 Å². The summed E-state index contributed by atoms with van der Waals surface area (Å²) < 4.78 is 33.6. The Hall–Kier alpha value is -4.91. The summed E-state index contributed by atoms with van der Waals surface area (Å²) in [6.07, 6.45) is 5.08. The molecule has 0 saturated heterocycles. The van der Waals surface area contributed by atoms with Gasteiger partial charge in [0.25, 0.3) is 0 Å². The van der Waals surface area contributed by atoms with Crippen LogP contribution >= 0.6 is 0 Å². The molecule has 6 nitrogen and oxygen atoms in total. The Labute approximate surface area is 246 Å². The van der Waals surface area contributed by atoms with E-state index in [2.05, 4.69) is 44.9 Å². The highest BCUT2D eigenvalue weighted by molar-refractivity contribution is 5.92. The molecule has 0 aliphatic carbocycles. The van der Waals surface area contributed by atoms with Crippen LogP contribution in [0.5, 0.6) is 11.5 Å². The van der Waals surface area contributed by atoms with Crippen LogP contribution in [-0.4, -0.2) is 32.3 Å². The number of methoxy groups -OCH3 is 1. The number of halogens is 1. The van der Waals surface area contributed by atoms with Crippen LogP contribution in [0.2, 0.25) is 0 Å². The molecule has 0 aromatic heterocycles. The van der Waals surface area contributed by atoms with Crippen molar-refractivity contribution in [2.75, 3.05) is 20.3 Å². The molecular formula is C35H35FO6. The number of aryl methyl sites for hydroxylation is 1. The van der Waals surface area contributed by atoms with Gasteiger partial charge in [-0.15, -0.1) is 0 Å². The van der Waals surface area contributed by atoms with E-state index in [0.717, 1.165) is 40.0 Å². The van der Waals surface area contributed by atoms with E-state index in [1.54, 1.807) is 18.2 Å². The lowest BCUT2D eigenvalue weighted by Crippen LogP contribution is -2.09. The van der Waals surface area contributed by atoms with E-state index >= 15 is 0 Å². The summed E-state index contributed by atoms with van der Waals surface area (Å²) in [5, 5.41) is 0. The fourth-order valence-electron chi connectivity index (χ4n) is 3.88. The minimum absolute atomic E-state index is 0.124. The molecule has 0 unspecified atom stereocenters. The van der Waals surface area contributed by atoms with Gasteiger partial charge in [0.15, 0.2) is 0 Å². The van der Waals surface area contributed by atoms with Crippen LogP contribution in [0.4, 0.5) is 4.39 Å². The standard InChI is InChI=1S/C35H35FO6/c1-6-27-23-31(17-20-33(27)40-21-7-8-22-41-35(38)26(4)36)30-13-11-28(12-14-30)29-15-18-32(19-16-29)42-34(37)24(2)9-10-25(3)39-5/h9-20,23H,2-4,6-8,21-22H2,1,5H3/b10-9-. The van der Waals surface area contributed by atoms with Crippen LogP contribution in [0.15, 0.2) is 116 Å². The van der Waals surface area contributed by atoms with Gasteiger partial charge in [-0.2, -0.15) is 4.39 Å². The molecule has 218 valence electrons. The second-order valence-electron chi connectivity index (χ2n) is 9.29. The fraction of sp³-hybridized carbons (Fsp3) is 0.200. The SMILES string of the molecule is C=C(/C=C\C(=C)C(=O)Oc1ccc(-c2ccc(-c3ccc(OCCCCOC(=O)C(=C)F)c(CC)c3)cc2)cc1)OC.